The molecule has 1 amide bonds. The Morgan fingerprint density at radius 3 is 2.16 bits per heavy atom. The number of nitrogens with one attached hydrogen (secondary N) is 1. The molecule has 0 unspecified atom stereocenters. The van der Waals surface area contributed by atoms with Crippen LogP contribution in [-0.2, 0) is 14.3 Å². The lowest BCUT2D eigenvalue weighted by Gasteiger charge is -2.42. The van der Waals surface area contributed by atoms with E-state index in [1.54, 1.807) is 23.9 Å². The highest BCUT2D eigenvalue weighted by molar-refractivity contribution is 7.98. The summed E-state index contributed by atoms with van der Waals surface area (Å²) in [7, 11) is 5.95. The Kier molecular flexibility index (Phi) is 7.33. The van der Waals surface area contributed by atoms with Crippen LogP contribution in [0.25, 0.3) is 0 Å². The number of hydrogen-bond donors (Lipinski definition) is 1. The summed E-state index contributed by atoms with van der Waals surface area (Å²) in [6.07, 6.45) is 2.36. The number of hydrogen-bond acceptors (Lipinski definition) is 7. The Labute approximate surface area is 186 Å². The number of amides is 1. The Hall–Kier alpha value is -2.87. The zero-order valence-electron chi connectivity index (χ0n) is 18.3. The maximum atomic E-state index is 13.2. The van der Waals surface area contributed by atoms with E-state index in [1.807, 2.05) is 30.5 Å². The van der Waals surface area contributed by atoms with E-state index < -0.39 is 11.8 Å². The smallest absolute Gasteiger partial charge is 0.309 e. The van der Waals surface area contributed by atoms with Crippen LogP contribution in [0.3, 0.4) is 0 Å². The van der Waals surface area contributed by atoms with Crippen molar-refractivity contribution in [2.24, 2.45) is 11.8 Å². The van der Waals surface area contributed by atoms with Crippen molar-refractivity contribution < 1.29 is 28.5 Å². The van der Waals surface area contributed by atoms with Gasteiger partial charge in [-0.25, -0.2) is 0 Å². The fraction of sp³-hybridized carbons (Fsp3) is 0.391. The Bertz CT molecular complexity index is 938. The van der Waals surface area contributed by atoms with Gasteiger partial charge in [0.2, 0.25) is 11.7 Å². The third-order valence-electron chi connectivity index (χ3n) is 5.65. The molecule has 3 atom stereocenters. The number of anilines is 1. The lowest BCUT2D eigenvalue weighted by atomic mass is 9.61. The SMILES string of the molecule is COC(=O)[C@H]1C[C@@H](C(=O)Nc2ccccc2SC)[C@H]1c1cc(OC)c(OC)c(OC)c1. The minimum absolute atomic E-state index is 0.139. The molecule has 0 radical (unpaired) electrons. The van der Waals surface area contributed by atoms with Crippen molar-refractivity contribution in [1.29, 1.82) is 0 Å². The van der Waals surface area contributed by atoms with Gasteiger partial charge in [-0.1, -0.05) is 12.1 Å². The van der Waals surface area contributed by atoms with Crippen molar-refractivity contribution >= 4 is 29.3 Å². The Balaban J connectivity index is 1.96. The van der Waals surface area contributed by atoms with Gasteiger partial charge in [-0.05, 0) is 42.5 Å². The van der Waals surface area contributed by atoms with Crippen molar-refractivity contribution in [3.05, 3.63) is 42.0 Å². The average Bonchev–Trinajstić information content (AvgIpc) is 2.77. The normalized spacial score (nSPS) is 19.7. The molecule has 31 heavy (non-hydrogen) atoms. The number of ether oxygens (including phenoxy) is 4. The molecule has 0 spiro atoms. The zero-order valence-corrected chi connectivity index (χ0v) is 19.1. The van der Waals surface area contributed by atoms with E-state index in [9.17, 15) is 9.59 Å². The van der Waals surface area contributed by atoms with E-state index in [2.05, 4.69) is 5.32 Å². The van der Waals surface area contributed by atoms with Gasteiger partial charge in [0.1, 0.15) is 0 Å². The topological polar surface area (TPSA) is 83.1 Å². The number of esters is 1. The van der Waals surface area contributed by atoms with Gasteiger partial charge in [0, 0.05) is 16.7 Å². The van der Waals surface area contributed by atoms with Crippen LogP contribution in [0.15, 0.2) is 41.3 Å². The van der Waals surface area contributed by atoms with Gasteiger partial charge in [0.15, 0.2) is 11.5 Å². The van der Waals surface area contributed by atoms with E-state index >= 15 is 0 Å². The molecule has 0 aliphatic heterocycles. The molecule has 0 aromatic heterocycles. The summed E-state index contributed by atoms with van der Waals surface area (Å²) in [5.74, 6) is -0.285. The first-order valence-electron chi connectivity index (χ1n) is 9.80. The second kappa shape index (κ2) is 9.96. The molecule has 1 saturated carbocycles. The maximum Gasteiger partial charge on any atom is 0.309 e. The summed E-state index contributed by atoms with van der Waals surface area (Å²) in [5.41, 5.74) is 1.51. The summed E-state index contributed by atoms with van der Waals surface area (Å²) in [6, 6.07) is 11.2. The van der Waals surface area contributed by atoms with Crippen LogP contribution in [0.5, 0.6) is 17.2 Å². The highest BCUT2D eigenvalue weighted by Gasteiger charge is 2.50. The Morgan fingerprint density at radius 2 is 1.61 bits per heavy atom. The van der Waals surface area contributed by atoms with E-state index in [0.717, 1.165) is 16.1 Å². The number of thioether (sulfide) groups is 1. The van der Waals surface area contributed by atoms with Crippen molar-refractivity contribution in [2.45, 2.75) is 17.2 Å². The molecule has 1 N–H and O–H groups in total. The molecule has 1 aliphatic rings. The van der Waals surface area contributed by atoms with Crippen LogP contribution in [0.1, 0.15) is 17.9 Å². The summed E-state index contributed by atoms with van der Waals surface area (Å²) in [4.78, 5) is 26.5. The number of rotatable bonds is 8. The molecule has 1 fully saturated rings. The van der Waals surface area contributed by atoms with Gasteiger partial charge in [-0.3, -0.25) is 9.59 Å². The first-order chi connectivity index (χ1) is 15.0. The standard InChI is InChI=1S/C23H27NO6S/c1-27-17-10-13(11-18(28-2)21(17)29-3)20-14(12-15(20)23(26)30-4)22(25)24-16-8-6-7-9-19(16)31-5/h6-11,14-15,20H,12H2,1-5H3,(H,24,25)/t14-,15+,20-/m1/s1. The predicted molar refractivity (Wildman–Crippen MR) is 119 cm³/mol. The van der Waals surface area contributed by atoms with Crippen LogP contribution in [0.2, 0.25) is 0 Å². The fourth-order valence-electron chi connectivity index (χ4n) is 4.05. The molecular formula is C23H27NO6S. The number of carbonyl (C=O) groups is 2. The van der Waals surface area contributed by atoms with Crippen molar-refractivity contribution in [3.63, 3.8) is 0 Å². The molecular weight excluding hydrogens is 418 g/mol. The summed E-state index contributed by atoms with van der Waals surface area (Å²) in [6.45, 7) is 0. The van der Waals surface area contributed by atoms with Crippen molar-refractivity contribution in [1.82, 2.24) is 0 Å². The lowest BCUT2D eigenvalue weighted by Crippen LogP contribution is -2.46. The van der Waals surface area contributed by atoms with Gasteiger partial charge < -0.3 is 24.3 Å². The minimum atomic E-state index is -0.431. The minimum Gasteiger partial charge on any atom is -0.493 e. The van der Waals surface area contributed by atoms with Crippen LogP contribution in [0.4, 0.5) is 5.69 Å². The van der Waals surface area contributed by atoms with Gasteiger partial charge in [0.25, 0.3) is 0 Å². The Morgan fingerprint density at radius 1 is 0.968 bits per heavy atom. The first kappa shape index (κ1) is 22.8. The van der Waals surface area contributed by atoms with Crippen LogP contribution in [-0.4, -0.2) is 46.6 Å². The van der Waals surface area contributed by atoms with E-state index in [1.165, 1.54) is 28.4 Å². The van der Waals surface area contributed by atoms with Gasteiger partial charge >= 0.3 is 5.97 Å². The molecule has 0 saturated heterocycles. The summed E-state index contributed by atoms with van der Waals surface area (Å²) >= 11 is 1.56. The monoisotopic (exact) mass is 445 g/mol. The van der Waals surface area contributed by atoms with Gasteiger partial charge in [-0.2, -0.15) is 0 Å². The van der Waals surface area contributed by atoms with E-state index in [-0.39, 0.29) is 17.8 Å². The highest BCUT2D eigenvalue weighted by Crippen LogP contribution is 2.52. The average molecular weight is 446 g/mol. The lowest BCUT2D eigenvalue weighted by molar-refractivity contribution is -0.153. The molecule has 8 heteroatoms. The summed E-state index contributed by atoms with van der Waals surface area (Å²) in [5, 5.41) is 3.02. The maximum absolute atomic E-state index is 13.2. The number of carbonyl (C=O) groups excluding carboxylic acids is 2. The predicted octanol–water partition coefficient (Wildman–Crippen LogP) is 3.97. The first-order valence-corrected chi connectivity index (χ1v) is 11.0. The van der Waals surface area contributed by atoms with Gasteiger partial charge in [0.05, 0.1) is 40.0 Å². The quantitative estimate of drug-likeness (QED) is 0.486. The molecule has 166 valence electrons. The number of para-hydroxylation sites is 1. The highest BCUT2D eigenvalue weighted by atomic mass is 32.2. The van der Waals surface area contributed by atoms with Crippen molar-refractivity contribution in [2.75, 3.05) is 40.0 Å². The molecule has 1 aliphatic carbocycles. The molecule has 2 aromatic rings. The molecule has 3 rings (SSSR count). The van der Waals surface area contributed by atoms with Gasteiger partial charge in [-0.15, -0.1) is 11.8 Å². The molecule has 7 nitrogen and oxygen atoms in total. The second-order valence-corrected chi connectivity index (χ2v) is 7.99. The second-order valence-electron chi connectivity index (χ2n) is 7.15. The summed E-state index contributed by atoms with van der Waals surface area (Å²) < 4.78 is 21.3. The number of methoxy groups -OCH3 is 4. The van der Waals surface area contributed by atoms with Crippen molar-refractivity contribution in [3.8, 4) is 17.2 Å². The van der Waals surface area contributed by atoms with Crippen LogP contribution in [0, 0.1) is 11.8 Å². The van der Waals surface area contributed by atoms with E-state index in [4.69, 9.17) is 18.9 Å². The largest absolute Gasteiger partial charge is 0.493 e. The van der Waals surface area contributed by atoms with E-state index in [0.29, 0.717) is 23.7 Å². The molecule has 2 aromatic carbocycles. The third-order valence-corrected chi connectivity index (χ3v) is 6.45. The van der Waals surface area contributed by atoms with Crippen LogP contribution >= 0.6 is 11.8 Å². The number of benzene rings is 2. The third kappa shape index (κ3) is 4.44. The zero-order chi connectivity index (χ0) is 22.5. The molecule has 0 heterocycles. The fourth-order valence-corrected chi connectivity index (χ4v) is 4.60. The van der Waals surface area contributed by atoms with Crippen LogP contribution < -0.4 is 19.5 Å². The molecule has 0 bridgehead atoms.